The van der Waals surface area contributed by atoms with Crippen LogP contribution < -0.4 is 20.8 Å². The summed E-state index contributed by atoms with van der Waals surface area (Å²) < 4.78 is 57.2. The van der Waals surface area contributed by atoms with E-state index in [9.17, 15) is 32.3 Å². The van der Waals surface area contributed by atoms with E-state index in [0.717, 1.165) is 16.8 Å². The zero-order valence-electron chi connectivity index (χ0n) is 20.0. The largest absolute Gasteiger partial charge is 0.480 e. The molecule has 200 valence electrons. The maximum Gasteiger partial charge on any atom is 0.323 e. The predicted octanol–water partition coefficient (Wildman–Crippen LogP) is 0.249. The molecule has 1 aromatic carbocycles. The summed E-state index contributed by atoms with van der Waals surface area (Å²) in [5.41, 5.74) is -2.09. The number of aromatic nitrogens is 1. The van der Waals surface area contributed by atoms with Crippen molar-refractivity contribution in [2.24, 2.45) is 17.0 Å². The van der Waals surface area contributed by atoms with Crippen LogP contribution >= 0.6 is 0 Å². The molecule has 15 heteroatoms. The minimum Gasteiger partial charge on any atom is -0.480 e. The lowest BCUT2D eigenvalue weighted by Crippen LogP contribution is -2.49. The molecule has 1 atom stereocenters. The van der Waals surface area contributed by atoms with Gasteiger partial charge in [-0.1, -0.05) is 13.3 Å². The van der Waals surface area contributed by atoms with Crippen molar-refractivity contribution in [3.05, 3.63) is 45.2 Å². The molecule has 1 aliphatic rings. The molecule has 0 radical (unpaired) electrons. The molecule has 37 heavy (non-hydrogen) atoms. The van der Waals surface area contributed by atoms with Gasteiger partial charge in [-0.2, -0.15) is 4.72 Å². The van der Waals surface area contributed by atoms with E-state index in [0.29, 0.717) is 19.4 Å². The average molecular weight is 541 g/mol. The van der Waals surface area contributed by atoms with Crippen LogP contribution in [0.4, 0.5) is 8.78 Å². The second kappa shape index (κ2) is 11.6. The Bertz CT molecular complexity index is 1450. The number of aliphatic imine (C=N–C) groups is 2. The van der Waals surface area contributed by atoms with Crippen LogP contribution in [0.15, 0.2) is 27.0 Å². The van der Waals surface area contributed by atoms with Gasteiger partial charge in [0.1, 0.15) is 17.4 Å². The summed E-state index contributed by atoms with van der Waals surface area (Å²) in [5.74, 6) is -4.68. The summed E-state index contributed by atoms with van der Waals surface area (Å²) in [5, 5.41) is 13.8. The number of nitrogens with zero attached hydrogens (tertiary/aromatic N) is 3. The van der Waals surface area contributed by atoms with E-state index in [4.69, 9.17) is 0 Å². The third kappa shape index (κ3) is 6.54. The number of sulfonamides is 1. The Morgan fingerprint density at radius 3 is 2.65 bits per heavy atom. The highest BCUT2D eigenvalue weighted by Crippen LogP contribution is 2.22. The first-order valence-electron chi connectivity index (χ1n) is 11.3. The Kier molecular flexibility index (Phi) is 8.70. The van der Waals surface area contributed by atoms with E-state index < -0.39 is 62.5 Å². The summed E-state index contributed by atoms with van der Waals surface area (Å²) >= 11 is 0. The molecule has 1 amide bonds. The lowest BCUT2D eigenvalue weighted by atomic mass is 10.1. The van der Waals surface area contributed by atoms with Crippen molar-refractivity contribution in [1.82, 2.24) is 19.9 Å². The maximum absolute atomic E-state index is 15.2. The van der Waals surface area contributed by atoms with Crippen molar-refractivity contribution in [3.63, 3.8) is 0 Å². The number of guanidine groups is 1. The van der Waals surface area contributed by atoms with Gasteiger partial charge in [-0.05, 0) is 12.5 Å². The van der Waals surface area contributed by atoms with Gasteiger partial charge in [-0.25, -0.2) is 27.2 Å². The number of halogens is 2. The quantitative estimate of drug-likeness (QED) is 0.316. The number of hydrogen-bond acceptors (Lipinski definition) is 8. The highest BCUT2D eigenvalue weighted by atomic mass is 32.2. The number of carbonyl (C=O) groups is 2. The Hall–Kier alpha value is -3.72. The monoisotopic (exact) mass is 540 g/mol. The number of hydrogen-bond donors (Lipinski definition) is 4. The van der Waals surface area contributed by atoms with Crippen LogP contribution in [0.25, 0.3) is 10.9 Å². The summed E-state index contributed by atoms with van der Waals surface area (Å²) in [6.45, 7) is 1.17. The molecule has 1 aliphatic heterocycles. The lowest BCUT2D eigenvalue weighted by Gasteiger charge is -2.16. The Morgan fingerprint density at radius 2 is 2.03 bits per heavy atom. The molecule has 0 spiro atoms. The van der Waals surface area contributed by atoms with Crippen LogP contribution in [0.1, 0.15) is 35.7 Å². The zero-order valence-corrected chi connectivity index (χ0v) is 20.9. The van der Waals surface area contributed by atoms with Gasteiger partial charge >= 0.3 is 5.97 Å². The van der Waals surface area contributed by atoms with Gasteiger partial charge in [0.2, 0.25) is 21.4 Å². The van der Waals surface area contributed by atoms with Gasteiger partial charge in [0.25, 0.3) is 5.91 Å². The lowest BCUT2D eigenvalue weighted by molar-refractivity contribution is -0.138. The van der Waals surface area contributed by atoms with Crippen LogP contribution in [-0.2, 0) is 28.4 Å². The van der Waals surface area contributed by atoms with Crippen LogP contribution in [-0.4, -0.2) is 67.0 Å². The van der Waals surface area contributed by atoms with Crippen molar-refractivity contribution in [3.8, 4) is 0 Å². The van der Waals surface area contributed by atoms with Crippen LogP contribution in [0.5, 0.6) is 0 Å². The maximum atomic E-state index is 15.2. The van der Waals surface area contributed by atoms with Crippen LogP contribution in [0.2, 0.25) is 0 Å². The van der Waals surface area contributed by atoms with Crippen LogP contribution in [0, 0.1) is 11.6 Å². The number of amides is 1. The summed E-state index contributed by atoms with van der Waals surface area (Å²) in [7, 11) is -2.57. The Balaban J connectivity index is 1.85. The van der Waals surface area contributed by atoms with E-state index in [2.05, 4.69) is 20.6 Å². The summed E-state index contributed by atoms with van der Waals surface area (Å²) in [4.78, 5) is 45.0. The normalized spacial score (nSPS) is 14.0. The highest BCUT2D eigenvalue weighted by molar-refractivity contribution is 7.89. The molecule has 12 nitrogen and oxygen atoms in total. The molecule has 0 aliphatic carbocycles. The molecule has 0 bridgehead atoms. The molecule has 2 heterocycles. The standard InChI is InChI=1S/C22H26F2N6O6S/c1-3-4-7-37(35,36)29-16(21(33)34)10-27-20(32)14-11-30(2)18-12(19(14)31)8-15(23)13(17(18)24)9-28-22-25-5-6-26-22/h5,8,11,16,29H,3-4,6-7,9-10H2,1-2H3,(H,26,28)(H,27,32)(H,33,34). The number of nitrogens with one attached hydrogen (secondary N) is 3. The third-order valence-electron chi connectivity index (χ3n) is 5.51. The Morgan fingerprint density at radius 1 is 1.30 bits per heavy atom. The molecule has 2 aromatic rings. The first kappa shape index (κ1) is 27.9. The number of carboxylic acids is 1. The number of unbranched alkanes of at least 4 members (excludes halogenated alkanes) is 1. The number of fused-ring (bicyclic) bond motifs is 1. The van der Waals surface area contributed by atoms with Crippen molar-refractivity contribution in [2.75, 3.05) is 18.8 Å². The SMILES string of the molecule is CCCCS(=O)(=O)NC(CNC(=O)c1cn(C)c2c(F)c(CNC3=NCC=N3)c(F)cc2c1=O)C(=O)O. The van der Waals surface area contributed by atoms with Crippen molar-refractivity contribution < 1.29 is 31.9 Å². The van der Waals surface area contributed by atoms with Crippen molar-refractivity contribution in [1.29, 1.82) is 0 Å². The number of aliphatic carboxylic acids is 1. The Labute approximate surface area is 210 Å². The zero-order chi connectivity index (χ0) is 27.3. The van der Waals surface area contributed by atoms with Gasteiger partial charge in [-0.3, -0.25) is 14.4 Å². The second-order valence-corrected chi connectivity index (χ2v) is 10.1. The van der Waals surface area contributed by atoms with Gasteiger partial charge in [0, 0.05) is 38.1 Å². The number of carboxylic acid groups (broad SMARTS) is 1. The molecule has 0 saturated heterocycles. The molecule has 0 fully saturated rings. The summed E-state index contributed by atoms with van der Waals surface area (Å²) in [6.07, 6.45) is 3.44. The first-order valence-corrected chi connectivity index (χ1v) is 12.9. The third-order valence-corrected chi connectivity index (χ3v) is 6.98. The number of rotatable bonds is 11. The fourth-order valence-electron chi connectivity index (χ4n) is 3.60. The smallest absolute Gasteiger partial charge is 0.323 e. The highest BCUT2D eigenvalue weighted by Gasteiger charge is 2.26. The number of carbonyl (C=O) groups excluding carboxylic acids is 1. The van der Waals surface area contributed by atoms with E-state index in [1.165, 1.54) is 13.3 Å². The minimum atomic E-state index is -3.92. The molecule has 0 saturated carbocycles. The molecular formula is C22H26F2N6O6S. The molecule has 3 rings (SSSR count). The summed E-state index contributed by atoms with van der Waals surface area (Å²) in [6, 6.07) is -0.871. The van der Waals surface area contributed by atoms with Crippen LogP contribution in [0.3, 0.4) is 0 Å². The first-order chi connectivity index (χ1) is 17.4. The number of pyridine rings is 1. The van der Waals surface area contributed by atoms with Gasteiger partial charge in [0.15, 0.2) is 5.82 Å². The molecular weight excluding hydrogens is 514 g/mol. The number of aryl methyl sites for hydroxylation is 1. The van der Waals surface area contributed by atoms with E-state index >= 15 is 4.39 Å². The minimum absolute atomic E-state index is 0.215. The fraction of sp³-hybridized carbons (Fsp3) is 0.409. The van der Waals surface area contributed by atoms with Gasteiger partial charge in [0.05, 0.1) is 23.2 Å². The molecule has 4 N–H and O–H groups in total. The molecule has 1 unspecified atom stereocenters. The van der Waals surface area contributed by atoms with Gasteiger partial charge < -0.3 is 20.3 Å². The topological polar surface area (TPSA) is 171 Å². The van der Waals surface area contributed by atoms with Crippen molar-refractivity contribution >= 4 is 45.0 Å². The van der Waals surface area contributed by atoms with E-state index in [1.54, 1.807) is 6.92 Å². The van der Waals surface area contributed by atoms with E-state index in [-0.39, 0.29) is 29.3 Å². The number of benzene rings is 1. The fourth-order valence-corrected chi connectivity index (χ4v) is 5.00. The average Bonchev–Trinajstić information content (AvgIpc) is 3.35. The predicted molar refractivity (Wildman–Crippen MR) is 132 cm³/mol. The van der Waals surface area contributed by atoms with Crippen molar-refractivity contribution in [2.45, 2.75) is 32.4 Å². The van der Waals surface area contributed by atoms with E-state index in [1.807, 2.05) is 4.72 Å². The van der Waals surface area contributed by atoms with Gasteiger partial charge in [-0.15, -0.1) is 0 Å². The second-order valence-electron chi connectivity index (χ2n) is 8.25. The molecule has 1 aromatic heterocycles.